The maximum atomic E-state index is 12.5. The minimum Gasteiger partial charge on any atom is -0.496 e. The van der Waals surface area contributed by atoms with E-state index in [2.05, 4.69) is 52.7 Å². The fraction of sp³-hybridized carbons (Fsp3) is 0.269. The van der Waals surface area contributed by atoms with Gasteiger partial charge in [-0.3, -0.25) is 4.79 Å². The van der Waals surface area contributed by atoms with Gasteiger partial charge in [-0.25, -0.2) is 0 Å². The second-order valence-electron chi connectivity index (χ2n) is 7.67. The second kappa shape index (κ2) is 9.49. The predicted molar refractivity (Wildman–Crippen MR) is 121 cm³/mol. The van der Waals surface area contributed by atoms with Gasteiger partial charge in [-0.1, -0.05) is 48.5 Å². The van der Waals surface area contributed by atoms with Crippen molar-refractivity contribution >= 4 is 11.6 Å². The summed E-state index contributed by atoms with van der Waals surface area (Å²) in [4.78, 5) is 14.9. The molecular weight excluding hydrogens is 372 g/mol. The molecule has 3 aromatic carbocycles. The molecule has 0 saturated carbocycles. The molecule has 0 aliphatic carbocycles. The molecular formula is C26H28N2O2. The van der Waals surface area contributed by atoms with Crippen LogP contribution in [0.4, 0.5) is 5.69 Å². The van der Waals surface area contributed by atoms with Crippen molar-refractivity contribution in [3.63, 3.8) is 0 Å². The Hall–Kier alpha value is -3.27. The van der Waals surface area contributed by atoms with Crippen LogP contribution in [0.15, 0.2) is 72.8 Å². The lowest BCUT2D eigenvalue weighted by atomic mass is 10.1. The van der Waals surface area contributed by atoms with Crippen molar-refractivity contribution in [1.82, 2.24) is 5.32 Å². The third-order valence-corrected chi connectivity index (χ3v) is 5.67. The van der Waals surface area contributed by atoms with Gasteiger partial charge in [-0.2, -0.15) is 0 Å². The fourth-order valence-corrected chi connectivity index (χ4v) is 4.05. The van der Waals surface area contributed by atoms with E-state index in [-0.39, 0.29) is 5.91 Å². The number of ether oxygens (including phenoxy) is 1. The normalized spacial score (nSPS) is 12.5. The standard InChI is InChI=1S/C26H28N2O2/c1-30-25-11-5-3-8-22(25)9-6-17-27-26(29)23-14-12-20(13-15-23)19-28-18-16-21-7-2-4-10-24(21)28/h2-5,7-8,10-15H,6,9,16-19H2,1H3,(H,27,29). The first-order valence-corrected chi connectivity index (χ1v) is 10.6. The number of aryl methyl sites for hydroxylation is 1. The number of carbonyl (C=O) groups excluding carboxylic acids is 1. The quantitative estimate of drug-likeness (QED) is 0.561. The van der Waals surface area contributed by atoms with E-state index in [4.69, 9.17) is 4.74 Å². The number of para-hydroxylation sites is 2. The topological polar surface area (TPSA) is 41.6 Å². The molecule has 1 N–H and O–H groups in total. The molecule has 0 saturated heterocycles. The lowest BCUT2D eigenvalue weighted by Gasteiger charge is -2.19. The fourth-order valence-electron chi connectivity index (χ4n) is 4.05. The minimum atomic E-state index is -0.0203. The average molecular weight is 401 g/mol. The number of carbonyl (C=O) groups is 1. The maximum Gasteiger partial charge on any atom is 0.251 e. The number of hydrogen-bond acceptors (Lipinski definition) is 3. The summed E-state index contributed by atoms with van der Waals surface area (Å²) in [5, 5.41) is 3.02. The summed E-state index contributed by atoms with van der Waals surface area (Å²) in [6.07, 6.45) is 2.85. The molecule has 0 unspecified atom stereocenters. The first-order valence-electron chi connectivity index (χ1n) is 10.6. The van der Waals surface area contributed by atoms with E-state index in [9.17, 15) is 4.79 Å². The summed E-state index contributed by atoms with van der Waals surface area (Å²) in [5.41, 5.74) is 5.84. The molecule has 3 aromatic rings. The molecule has 1 aliphatic heterocycles. The predicted octanol–water partition coefficient (Wildman–Crippen LogP) is 4.62. The van der Waals surface area contributed by atoms with Gasteiger partial charge in [0.25, 0.3) is 5.91 Å². The van der Waals surface area contributed by atoms with Crippen molar-refractivity contribution in [2.45, 2.75) is 25.8 Å². The smallest absolute Gasteiger partial charge is 0.251 e. The van der Waals surface area contributed by atoms with Crippen LogP contribution in [0, 0.1) is 0 Å². The number of benzene rings is 3. The molecule has 0 radical (unpaired) electrons. The Labute approximate surface area is 178 Å². The molecule has 4 heteroatoms. The molecule has 1 amide bonds. The van der Waals surface area contributed by atoms with Gasteiger partial charge in [0, 0.05) is 30.9 Å². The molecule has 1 aliphatic rings. The van der Waals surface area contributed by atoms with Crippen LogP contribution < -0.4 is 15.0 Å². The monoisotopic (exact) mass is 400 g/mol. The van der Waals surface area contributed by atoms with Crippen molar-refractivity contribution in [3.05, 3.63) is 95.1 Å². The van der Waals surface area contributed by atoms with Crippen molar-refractivity contribution in [1.29, 1.82) is 0 Å². The maximum absolute atomic E-state index is 12.5. The van der Waals surface area contributed by atoms with Gasteiger partial charge in [0.1, 0.15) is 5.75 Å². The van der Waals surface area contributed by atoms with Crippen LogP contribution in [0.1, 0.15) is 33.5 Å². The number of nitrogens with zero attached hydrogens (tertiary/aromatic N) is 1. The van der Waals surface area contributed by atoms with E-state index in [1.807, 2.05) is 30.3 Å². The zero-order valence-electron chi connectivity index (χ0n) is 17.4. The third-order valence-electron chi connectivity index (χ3n) is 5.67. The largest absolute Gasteiger partial charge is 0.496 e. The molecule has 154 valence electrons. The Bertz CT molecular complexity index is 998. The number of nitrogens with one attached hydrogen (secondary N) is 1. The van der Waals surface area contributed by atoms with Crippen LogP contribution in [0.25, 0.3) is 0 Å². The van der Waals surface area contributed by atoms with Crippen LogP contribution in [0.3, 0.4) is 0 Å². The first kappa shape index (κ1) is 20.0. The van der Waals surface area contributed by atoms with E-state index >= 15 is 0 Å². The summed E-state index contributed by atoms with van der Waals surface area (Å²) in [6.45, 7) is 2.56. The lowest BCUT2D eigenvalue weighted by Crippen LogP contribution is -2.25. The SMILES string of the molecule is COc1ccccc1CCCNC(=O)c1ccc(CN2CCc3ccccc32)cc1. The summed E-state index contributed by atoms with van der Waals surface area (Å²) in [5.74, 6) is 0.883. The van der Waals surface area contributed by atoms with Crippen LogP contribution in [-0.2, 0) is 19.4 Å². The lowest BCUT2D eigenvalue weighted by molar-refractivity contribution is 0.0953. The number of anilines is 1. The zero-order valence-corrected chi connectivity index (χ0v) is 17.4. The van der Waals surface area contributed by atoms with Crippen molar-refractivity contribution in [3.8, 4) is 5.75 Å². The molecule has 4 nitrogen and oxygen atoms in total. The van der Waals surface area contributed by atoms with Gasteiger partial charge in [0.05, 0.1) is 7.11 Å². The Morgan fingerprint density at radius 3 is 2.60 bits per heavy atom. The number of fused-ring (bicyclic) bond motifs is 1. The Balaban J connectivity index is 1.26. The van der Waals surface area contributed by atoms with Gasteiger partial charge in [-0.05, 0) is 60.2 Å². The van der Waals surface area contributed by atoms with Gasteiger partial charge < -0.3 is 15.0 Å². The number of methoxy groups -OCH3 is 1. The molecule has 0 spiro atoms. The highest BCUT2D eigenvalue weighted by Gasteiger charge is 2.18. The highest BCUT2D eigenvalue weighted by molar-refractivity contribution is 5.94. The number of hydrogen-bond donors (Lipinski definition) is 1. The summed E-state index contributed by atoms with van der Waals surface area (Å²) in [6, 6.07) is 24.6. The number of rotatable bonds is 8. The van der Waals surface area contributed by atoms with Crippen molar-refractivity contribution < 1.29 is 9.53 Å². The molecule has 30 heavy (non-hydrogen) atoms. The molecule has 0 aromatic heterocycles. The van der Waals surface area contributed by atoms with Crippen LogP contribution in [0.2, 0.25) is 0 Å². The molecule has 0 bridgehead atoms. The van der Waals surface area contributed by atoms with Crippen LogP contribution in [-0.4, -0.2) is 26.1 Å². The van der Waals surface area contributed by atoms with E-state index in [1.165, 1.54) is 22.4 Å². The Morgan fingerprint density at radius 2 is 1.77 bits per heavy atom. The van der Waals surface area contributed by atoms with Crippen LogP contribution >= 0.6 is 0 Å². The third kappa shape index (κ3) is 4.65. The number of amides is 1. The van der Waals surface area contributed by atoms with Crippen molar-refractivity contribution in [2.75, 3.05) is 25.1 Å². The Kier molecular flexibility index (Phi) is 6.33. The molecule has 1 heterocycles. The van der Waals surface area contributed by atoms with E-state index in [1.54, 1.807) is 7.11 Å². The van der Waals surface area contributed by atoms with Crippen LogP contribution in [0.5, 0.6) is 5.75 Å². The molecule has 4 rings (SSSR count). The first-order chi connectivity index (χ1) is 14.7. The van der Waals surface area contributed by atoms with E-state index in [0.717, 1.165) is 38.1 Å². The highest BCUT2D eigenvalue weighted by atomic mass is 16.5. The summed E-state index contributed by atoms with van der Waals surface area (Å²) < 4.78 is 5.38. The van der Waals surface area contributed by atoms with Gasteiger partial charge in [0.15, 0.2) is 0 Å². The molecule has 0 fully saturated rings. The second-order valence-corrected chi connectivity index (χ2v) is 7.67. The zero-order chi connectivity index (χ0) is 20.8. The summed E-state index contributed by atoms with van der Waals surface area (Å²) >= 11 is 0. The Morgan fingerprint density at radius 1 is 1.00 bits per heavy atom. The summed E-state index contributed by atoms with van der Waals surface area (Å²) in [7, 11) is 1.69. The van der Waals surface area contributed by atoms with Crippen molar-refractivity contribution in [2.24, 2.45) is 0 Å². The van der Waals surface area contributed by atoms with E-state index < -0.39 is 0 Å². The molecule has 0 atom stereocenters. The highest BCUT2D eigenvalue weighted by Crippen LogP contribution is 2.28. The van der Waals surface area contributed by atoms with Gasteiger partial charge >= 0.3 is 0 Å². The van der Waals surface area contributed by atoms with Gasteiger partial charge in [0.2, 0.25) is 0 Å². The minimum absolute atomic E-state index is 0.0203. The van der Waals surface area contributed by atoms with Gasteiger partial charge in [-0.15, -0.1) is 0 Å². The van der Waals surface area contributed by atoms with E-state index in [0.29, 0.717) is 12.1 Å². The average Bonchev–Trinajstić information content (AvgIpc) is 3.20.